The van der Waals surface area contributed by atoms with Crippen molar-refractivity contribution >= 4 is 52.4 Å². The standard InChI is InChI=1S/C25H28ClIN4O7/c1-5-37-19-9-14(22-21(24(33)36-4)13(2)29-25(34)30-22)6-7-18(19)38-12-20(32)31-28-11-15-8-16(26)10-17(27)23(15)35-3/h6-11,20,22,31-32H,5,12H2,1-4H3,(H2,29,30,34)/b28-11+/t20-,22-/m0/s1. The molecule has 0 unspecified atom stereocenters. The highest BCUT2D eigenvalue weighted by Crippen LogP contribution is 2.35. The summed E-state index contributed by atoms with van der Waals surface area (Å²) in [5.74, 6) is 0.761. The van der Waals surface area contributed by atoms with Crippen molar-refractivity contribution in [3.63, 3.8) is 0 Å². The number of hydrogen-bond acceptors (Lipinski definition) is 9. The van der Waals surface area contributed by atoms with E-state index in [9.17, 15) is 14.7 Å². The average Bonchev–Trinajstić information content (AvgIpc) is 2.87. The monoisotopic (exact) mass is 658 g/mol. The van der Waals surface area contributed by atoms with E-state index in [2.05, 4.69) is 43.8 Å². The SMILES string of the molecule is CCOc1cc([C@@H]2NC(=O)NC(C)=C2C(=O)OC)ccc1OC[C@H](O)N/N=C/c1cc(Cl)cc(I)c1OC. The Bertz CT molecular complexity index is 1250. The fourth-order valence-corrected chi connectivity index (χ4v) is 4.98. The van der Waals surface area contributed by atoms with Gasteiger partial charge in [0.05, 0.1) is 42.2 Å². The Kier molecular flexibility index (Phi) is 10.4. The number of rotatable bonds is 11. The van der Waals surface area contributed by atoms with E-state index in [4.69, 9.17) is 30.5 Å². The number of allylic oxidation sites excluding steroid dienone is 1. The zero-order chi connectivity index (χ0) is 27.8. The number of aliphatic hydroxyl groups excluding tert-OH is 1. The molecule has 0 bridgehead atoms. The van der Waals surface area contributed by atoms with Crippen molar-refractivity contribution in [1.29, 1.82) is 0 Å². The summed E-state index contributed by atoms with van der Waals surface area (Å²) in [5, 5.41) is 20.2. The van der Waals surface area contributed by atoms with Gasteiger partial charge in [0.1, 0.15) is 12.4 Å². The fourth-order valence-electron chi connectivity index (χ4n) is 3.71. The summed E-state index contributed by atoms with van der Waals surface area (Å²) in [7, 11) is 2.82. The molecule has 2 amide bonds. The van der Waals surface area contributed by atoms with Gasteiger partial charge < -0.3 is 34.7 Å². The lowest BCUT2D eigenvalue weighted by Gasteiger charge is -2.28. The molecule has 11 nitrogen and oxygen atoms in total. The lowest BCUT2D eigenvalue weighted by atomic mass is 9.95. The molecule has 2 aromatic rings. The maximum Gasteiger partial charge on any atom is 0.337 e. The number of halogens is 2. The second-order valence-corrected chi connectivity index (χ2v) is 9.52. The highest BCUT2D eigenvalue weighted by Gasteiger charge is 2.32. The van der Waals surface area contributed by atoms with Gasteiger partial charge in [0.25, 0.3) is 0 Å². The number of esters is 1. The van der Waals surface area contributed by atoms with Crippen molar-refractivity contribution < 1.29 is 33.6 Å². The summed E-state index contributed by atoms with van der Waals surface area (Å²) in [6, 6.07) is 7.25. The van der Waals surface area contributed by atoms with Gasteiger partial charge in [-0.15, -0.1) is 0 Å². The Morgan fingerprint density at radius 3 is 2.71 bits per heavy atom. The Balaban J connectivity index is 1.72. The van der Waals surface area contributed by atoms with Crippen LogP contribution in [0.4, 0.5) is 4.79 Å². The van der Waals surface area contributed by atoms with Crippen LogP contribution in [-0.4, -0.2) is 57.0 Å². The Morgan fingerprint density at radius 1 is 1.26 bits per heavy atom. The van der Waals surface area contributed by atoms with Crippen LogP contribution in [0.15, 0.2) is 46.7 Å². The predicted molar refractivity (Wildman–Crippen MR) is 150 cm³/mol. The molecular weight excluding hydrogens is 631 g/mol. The molecule has 0 saturated heterocycles. The van der Waals surface area contributed by atoms with Crippen LogP contribution in [0.25, 0.3) is 0 Å². The molecular formula is C25H28ClIN4O7. The first-order chi connectivity index (χ1) is 18.2. The van der Waals surface area contributed by atoms with E-state index < -0.39 is 24.3 Å². The Morgan fingerprint density at radius 2 is 2.03 bits per heavy atom. The average molecular weight is 659 g/mol. The number of hydrogen-bond donors (Lipinski definition) is 4. The summed E-state index contributed by atoms with van der Waals surface area (Å²) in [4.78, 5) is 24.5. The molecule has 0 aliphatic carbocycles. The van der Waals surface area contributed by atoms with E-state index in [0.717, 1.165) is 3.57 Å². The minimum Gasteiger partial charge on any atom is -0.495 e. The molecule has 1 aliphatic rings. The van der Waals surface area contributed by atoms with Crippen LogP contribution in [0.1, 0.15) is 31.0 Å². The van der Waals surface area contributed by atoms with Crippen LogP contribution in [0.3, 0.4) is 0 Å². The van der Waals surface area contributed by atoms with E-state index in [-0.39, 0.29) is 12.2 Å². The van der Waals surface area contributed by atoms with E-state index in [1.807, 2.05) is 6.92 Å². The van der Waals surface area contributed by atoms with Crippen LogP contribution in [0.2, 0.25) is 5.02 Å². The normalized spacial score (nSPS) is 16.0. The number of ether oxygens (including phenoxy) is 4. The molecule has 0 aromatic heterocycles. The van der Waals surface area contributed by atoms with Crippen molar-refractivity contribution in [2.24, 2.45) is 5.10 Å². The third kappa shape index (κ3) is 7.20. The largest absolute Gasteiger partial charge is 0.495 e. The minimum absolute atomic E-state index is 0.155. The van der Waals surface area contributed by atoms with Crippen molar-refractivity contribution in [2.75, 3.05) is 27.4 Å². The first kappa shape index (κ1) is 29.3. The smallest absolute Gasteiger partial charge is 0.337 e. The number of nitrogens with zero attached hydrogens (tertiary/aromatic N) is 1. The maximum atomic E-state index is 12.4. The van der Waals surface area contributed by atoms with Gasteiger partial charge in [0.15, 0.2) is 17.7 Å². The van der Waals surface area contributed by atoms with Gasteiger partial charge in [-0.2, -0.15) is 5.10 Å². The van der Waals surface area contributed by atoms with Crippen molar-refractivity contribution in [1.82, 2.24) is 16.1 Å². The molecule has 1 aliphatic heterocycles. The van der Waals surface area contributed by atoms with Gasteiger partial charge in [-0.05, 0) is 66.3 Å². The fraction of sp³-hybridized carbons (Fsp3) is 0.320. The number of urea groups is 1. The van der Waals surface area contributed by atoms with Gasteiger partial charge in [0, 0.05) is 16.3 Å². The van der Waals surface area contributed by atoms with Crippen LogP contribution in [-0.2, 0) is 9.53 Å². The first-order valence-corrected chi connectivity index (χ1v) is 12.9. The highest BCUT2D eigenvalue weighted by molar-refractivity contribution is 14.1. The topological polar surface area (TPSA) is 140 Å². The van der Waals surface area contributed by atoms with Crippen LogP contribution >= 0.6 is 34.2 Å². The molecule has 204 valence electrons. The molecule has 3 rings (SSSR count). The molecule has 0 radical (unpaired) electrons. The number of methoxy groups -OCH3 is 2. The predicted octanol–water partition coefficient (Wildman–Crippen LogP) is 3.47. The van der Waals surface area contributed by atoms with Gasteiger partial charge in [-0.3, -0.25) is 5.43 Å². The zero-order valence-electron chi connectivity index (χ0n) is 21.1. The number of aliphatic hydroxyl groups is 1. The number of benzene rings is 2. The summed E-state index contributed by atoms with van der Waals surface area (Å²) in [5.41, 5.74) is 4.47. The third-order valence-electron chi connectivity index (χ3n) is 5.34. The molecule has 4 N–H and O–H groups in total. The van der Waals surface area contributed by atoms with Crippen LogP contribution in [0, 0.1) is 3.57 Å². The molecule has 13 heteroatoms. The van der Waals surface area contributed by atoms with E-state index >= 15 is 0 Å². The zero-order valence-corrected chi connectivity index (χ0v) is 24.0. The molecule has 38 heavy (non-hydrogen) atoms. The second-order valence-electron chi connectivity index (χ2n) is 7.93. The number of carbonyl (C=O) groups is 2. The molecule has 0 saturated carbocycles. The number of carbonyl (C=O) groups excluding carboxylic acids is 2. The summed E-state index contributed by atoms with van der Waals surface area (Å²) < 4.78 is 22.6. The van der Waals surface area contributed by atoms with Crippen LogP contribution in [0.5, 0.6) is 17.2 Å². The van der Waals surface area contributed by atoms with E-state index in [1.165, 1.54) is 13.3 Å². The van der Waals surface area contributed by atoms with Crippen molar-refractivity contribution in [2.45, 2.75) is 26.1 Å². The Labute approximate surface area is 238 Å². The quantitative estimate of drug-likeness (QED) is 0.0947. The molecule has 2 aromatic carbocycles. The number of hydrazone groups is 1. The second kappa shape index (κ2) is 13.5. The third-order valence-corrected chi connectivity index (χ3v) is 6.36. The molecule has 0 spiro atoms. The summed E-state index contributed by atoms with van der Waals surface area (Å²) in [6.07, 6.45) is 0.336. The van der Waals surface area contributed by atoms with Crippen molar-refractivity contribution in [3.8, 4) is 17.2 Å². The molecule has 2 atom stereocenters. The molecule has 1 heterocycles. The van der Waals surface area contributed by atoms with Gasteiger partial charge in [0.2, 0.25) is 0 Å². The summed E-state index contributed by atoms with van der Waals surface area (Å²) >= 11 is 8.22. The van der Waals surface area contributed by atoms with Gasteiger partial charge >= 0.3 is 12.0 Å². The van der Waals surface area contributed by atoms with Crippen LogP contribution < -0.4 is 30.3 Å². The van der Waals surface area contributed by atoms with Crippen molar-refractivity contribution in [3.05, 3.63) is 61.3 Å². The Hall–Kier alpha value is -3.23. The minimum atomic E-state index is -1.15. The molecule has 0 fully saturated rings. The van der Waals surface area contributed by atoms with Gasteiger partial charge in [-0.25, -0.2) is 9.59 Å². The number of amides is 2. The van der Waals surface area contributed by atoms with E-state index in [0.29, 0.717) is 45.7 Å². The summed E-state index contributed by atoms with van der Waals surface area (Å²) in [6.45, 7) is 3.61. The van der Waals surface area contributed by atoms with Gasteiger partial charge in [-0.1, -0.05) is 17.7 Å². The highest BCUT2D eigenvalue weighted by atomic mass is 127. The first-order valence-electron chi connectivity index (χ1n) is 11.4. The maximum absolute atomic E-state index is 12.4. The van der Waals surface area contributed by atoms with E-state index in [1.54, 1.807) is 44.4 Å². The lowest BCUT2D eigenvalue weighted by Crippen LogP contribution is -2.45. The number of nitrogens with one attached hydrogen (secondary N) is 3. The lowest BCUT2D eigenvalue weighted by molar-refractivity contribution is -0.136.